The van der Waals surface area contributed by atoms with E-state index in [-0.39, 0.29) is 16.8 Å². The second-order valence-electron chi connectivity index (χ2n) is 10.0. The predicted octanol–water partition coefficient (Wildman–Crippen LogP) is 3.73. The summed E-state index contributed by atoms with van der Waals surface area (Å²) in [6.45, 7) is 6.99. The summed E-state index contributed by atoms with van der Waals surface area (Å²) in [6, 6.07) is 17.3. The summed E-state index contributed by atoms with van der Waals surface area (Å²) >= 11 is 0. The van der Waals surface area contributed by atoms with E-state index in [1.165, 1.54) is 24.7 Å². The van der Waals surface area contributed by atoms with Crippen LogP contribution in [0, 0.1) is 0 Å². The van der Waals surface area contributed by atoms with Crippen LogP contribution in [0.15, 0.2) is 59.5 Å². The molecule has 0 saturated carbocycles. The summed E-state index contributed by atoms with van der Waals surface area (Å²) in [5, 5.41) is 0. The van der Waals surface area contributed by atoms with Gasteiger partial charge in [-0.3, -0.25) is 4.79 Å². The topological polar surface area (TPSA) is 60.9 Å². The first-order valence-corrected chi connectivity index (χ1v) is 14.9. The summed E-state index contributed by atoms with van der Waals surface area (Å²) in [6.07, 6.45) is 7.89. The molecule has 2 aliphatic rings. The second kappa shape index (κ2) is 12.2. The van der Waals surface area contributed by atoms with E-state index in [0.717, 1.165) is 71.5 Å². The summed E-state index contributed by atoms with van der Waals surface area (Å²) in [5.41, 5.74) is 1.96. The number of carbonyl (C=O) groups is 1. The highest BCUT2D eigenvalue weighted by molar-refractivity contribution is 7.90. The van der Waals surface area contributed by atoms with Gasteiger partial charge in [-0.1, -0.05) is 30.3 Å². The van der Waals surface area contributed by atoms with Crippen molar-refractivity contribution in [3.05, 3.63) is 65.7 Å². The van der Waals surface area contributed by atoms with Crippen LogP contribution in [0.5, 0.6) is 0 Å². The molecule has 4 rings (SSSR count). The Bertz CT molecular complexity index is 1040. The molecule has 7 heteroatoms. The third kappa shape index (κ3) is 7.38. The average Bonchev–Trinajstić information content (AvgIpc) is 3.39. The van der Waals surface area contributed by atoms with Crippen LogP contribution in [0.4, 0.5) is 0 Å². The Morgan fingerprint density at radius 1 is 0.886 bits per heavy atom. The molecule has 2 heterocycles. The lowest BCUT2D eigenvalue weighted by Crippen LogP contribution is -2.49. The maximum atomic E-state index is 13.6. The van der Waals surface area contributed by atoms with Crippen molar-refractivity contribution < 1.29 is 13.2 Å². The fourth-order valence-electron chi connectivity index (χ4n) is 5.32. The van der Waals surface area contributed by atoms with Gasteiger partial charge < -0.3 is 14.7 Å². The average molecular weight is 498 g/mol. The van der Waals surface area contributed by atoms with Crippen molar-refractivity contribution in [2.45, 2.75) is 49.5 Å². The van der Waals surface area contributed by atoms with E-state index < -0.39 is 9.84 Å². The maximum absolute atomic E-state index is 13.6. The zero-order valence-corrected chi connectivity index (χ0v) is 21.8. The number of nitrogens with zero attached hydrogens (tertiary/aromatic N) is 3. The molecule has 0 N–H and O–H groups in total. The SMILES string of the molecule is CS(=O)(=O)c1ccc(C(=O)N(CCN2CCCC2)C2CCN(CCCc3ccccc3)CC2)cc1. The van der Waals surface area contributed by atoms with Crippen LogP contribution >= 0.6 is 0 Å². The standard InChI is InChI=1S/C28H39N3O3S/c1-35(33,34)27-13-11-25(12-14-27)28(32)31(23-22-29-17-5-6-18-29)26-15-20-30(21-16-26)19-7-10-24-8-3-2-4-9-24/h2-4,8-9,11-14,26H,5-7,10,15-23H2,1H3. The first-order valence-electron chi connectivity index (χ1n) is 13.0. The van der Waals surface area contributed by atoms with Crippen LogP contribution in [-0.4, -0.2) is 87.1 Å². The number of carbonyl (C=O) groups excluding carboxylic acids is 1. The lowest BCUT2D eigenvalue weighted by Gasteiger charge is -2.39. The fraction of sp³-hybridized carbons (Fsp3) is 0.536. The van der Waals surface area contributed by atoms with Crippen LogP contribution in [-0.2, 0) is 16.3 Å². The van der Waals surface area contributed by atoms with Gasteiger partial charge in [0.15, 0.2) is 9.84 Å². The fourth-order valence-corrected chi connectivity index (χ4v) is 5.95. The predicted molar refractivity (Wildman–Crippen MR) is 140 cm³/mol. The van der Waals surface area contributed by atoms with Crippen molar-refractivity contribution >= 4 is 15.7 Å². The number of rotatable bonds is 10. The van der Waals surface area contributed by atoms with E-state index in [4.69, 9.17) is 0 Å². The monoisotopic (exact) mass is 497 g/mol. The summed E-state index contributed by atoms with van der Waals surface area (Å²) in [5.74, 6) is 0.0202. The van der Waals surface area contributed by atoms with Crippen molar-refractivity contribution in [1.82, 2.24) is 14.7 Å². The van der Waals surface area contributed by atoms with Gasteiger partial charge in [-0.25, -0.2) is 8.42 Å². The summed E-state index contributed by atoms with van der Waals surface area (Å²) < 4.78 is 23.7. The molecule has 0 unspecified atom stereocenters. The zero-order valence-electron chi connectivity index (χ0n) is 20.9. The lowest BCUT2D eigenvalue weighted by molar-refractivity contribution is 0.0547. The Kier molecular flexibility index (Phi) is 8.98. The van der Waals surface area contributed by atoms with E-state index in [9.17, 15) is 13.2 Å². The maximum Gasteiger partial charge on any atom is 0.254 e. The van der Waals surface area contributed by atoms with Crippen LogP contribution in [0.3, 0.4) is 0 Å². The molecule has 6 nitrogen and oxygen atoms in total. The van der Waals surface area contributed by atoms with Crippen molar-refractivity contribution in [2.75, 3.05) is 52.1 Å². The van der Waals surface area contributed by atoms with Gasteiger partial charge in [0.05, 0.1) is 4.90 Å². The molecule has 0 atom stereocenters. The molecule has 2 aromatic rings. The van der Waals surface area contributed by atoms with Gasteiger partial charge in [-0.2, -0.15) is 0 Å². The minimum atomic E-state index is -3.28. The van der Waals surface area contributed by atoms with Gasteiger partial charge in [0.25, 0.3) is 5.91 Å². The van der Waals surface area contributed by atoms with Gasteiger partial charge in [0.2, 0.25) is 0 Å². The Labute approximate surface area is 210 Å². The van der Waals surface area contributed by atoms with Gasteiger partial charge >= 0.3 is 0 Å². The van der Waals surface area contributed by atoms with E-state index in [0.29, 0.717) is 5.56 Å². The van der Waals surface area contributed by atoms with Crippen LogP contribution in [0.1, 0.15) is 48.0 Å². The molecule has 35 heavy (non-hydrogen) atoms. The number of amides is 1. The third-order valence-electron chi connectivity index (χ3n) is 7.43. The van der Waals surface area contributed by atoms with Gasteiger partial charge in [0, 0.05) is 44.0 Å². The number of benzene rings is 2. The molecule has 2 aliphatic heterocycles. The largest absolute Gasteiger partial charge is 0.334 e. The molecular weight excluding hydrogens is 458 g/mol. The number of aryl methyl sites for hydroxylation is 1. The summed E-state index contributed by atoms with van der Waals surface area (Å²) in [7, 11) is -3.28. The smallest absolute Gasteiger partial charge is 0.254 e. The molecule has 2 fully saturated rings. The van der Waals surface area contributed by atoms with E-state index >= 15 is 0 Å². The van der Waals surface area contributed by atoms with Gasteiger partial charge in [-0.05, 0) is 88.0 Å². The van der Waals surface area contributed by atoms with E-state index in [1.54, 1.807) is 24.3 Å². The van der Waals surface area contributed by atoms with Crippen molar-refractivity contribution in [3.63, 3.8) is 0 Å². The number of hydrogen-bond donors (Lipinski definition) is 0. The normalized spacial score (nSPS) is 18.1. The summed E-state index contributed by atoms with van der Waals surface area (Å²) in [4.78, 5) is 20.9. The number of hydrogen-bond acceptors (Lipinski definition) is 5. The minimum absolute atomic E-state index is 0.0202. The molecule has 0 aliphatic carbocycles. The molecule has 0 spiro atoms. The van der Waals surface area contributed by atoms with Crippen LogP contribution in [0.25, 0.3) is 0 Å². The first-order chi connectivity index (χ1) is 16.9. The van der Waals surface area contributed by atoms with Crippen molar-refractivity contribution in [2.24, 2.45) is 0 Å². The quantitative estimate of drug-likeness (QED) is 0.501. The molecule has 0 bridgehead atoms. The first kappa shape index (κ1) is 25.9. The van der Waals surface area contributed by atoms with Gasteiger partial charge in [-0.15, -0.1) is 0 Å². The van der Waals surface area contributed by atoms with Crippen LogP contribution < -0.4 is 0 Å². The molecular formula is C28H39N3O3S. The highest BCUT2D eigenvalue weighted by Crippen LogP contribution is 2.21. The van der Waals surface area contributed by atoms with Gasteiger partial charge in [0.1, 0.15) is 0 Å². The van der Waals surface area contributed by atoms with Crippen LogP contribution in [0.2, 0.25) is 0 Å². The lowest BCUT2D eigenvalue weighted by atomic mass is 10.0. The van der Waals surface area contributed by atoms with E-state index in [2.05, 4.69) is 45.0 Å². The van der Waals surface area contributed by atoms with Crippen molar-refractivity contribution in [1.29, 1.82) is 0 Å². The Hall–Kier alpha value is -2.22. The molecule has 2 saturated heterocycles. The molecule has 0 radical (unpaired) electrons. The number of likely N-dealkylation sites (tertiary alicyclic amines) is 2. The van der Waals surface area contributed by atoms with E-state index in [1.807, 2.05) is 0 Å². The molecule has 0 aromatic heterocycles. The van der Waals surface area contributed by atoms with Crippen molar-refractivity contribution in [3.8, 4) is 0 Å². The minimum Gasteiger partial charge on any atom is -0.334 e. The highest BCUT2D eigenvalue weighted by Gasteiger charge is 2.29. The second-order valence-corrected chi connectivity index (χ2v) is 12.0. The number of sulfone groups is 1. The Balaban J connectivity index is 1.35. The molecule has 1 amide bonds. The third-order valence-corrected chi connectivity index (χ3v) is 8.56. The molecule has 2 aromatic carbocycles. The Morgan fingerprint density at radius 2 is 1.51 bits per heavy atom. The zero-order chi connectivity index (χ0) is 24.7. The Morgan fingerprint density at radius 3 is 2.14 bits per heavy atom. The highest BCUT2D eigenvalue weighted by atomic mass is 32.2. The molecule has 190 valence electrons. The number of piperidine rings is 1.